The number of hydrogen-bond donors (Lipinski definition) is 0. The average molecular weight is 563 g/mol. The van der Waals surface area contributed by atoms with Crippen LogP contribution in [0.25, 0.3) is 21.9 Å². The predicted octanol–water partition coefficient (Wildman–Crippen LogP) is 8.04. The van der Waals surface area contributed by atoms with Crippen LogP contribution in [0.1, 0.15) is 23.5 Å². The van der Waals surface area contributed by atoms with Gasteiger partial charge in [0.05, 0.1) is 5.69 Å². The molecular formula is C36H30N6O. The van der Waals surface area contributed by atoms with Crippen LogP contribution in [-0.4, -0.2) is 34.2 Å². The minimum absolute atomic E-state index is 0.0103. The Morgan fingerprint density at radius 2 is 1.49 bits per heavy atom. The van der Waals surface area contributed by atoms with Gasteiger partial charge in [-0.3, -0.25) is 0 Å². The summed E-state index contributed by atoms with van der Waals surface area (Å²) in [5.41, 5.74) is 7.83. The van der Waals surface area contributed by atoms with Gasteiger partial charge in [-0.25, -0.2) is 9.97 Å². The third kappa shape index (κ3) is 3.42. The highest BCUT2D eigenvalue weighted by atomic mass is 16.3. The Morgan fingerprint density at radius 3 is 2.35 bits per heavy atom. The molecule has 3 aliphatic rings. The van der Waals surface area contributed by atoms with Crippen molar-refractivity contribution in [2.45, 2.75) is 31.6 Å². The number of fused-ring (bicyclic) bond motifs is 8. The first kappa shape index (κ1) is 24.3. The molecule has 6 aromatic rings. The third-order valence-corrected chi connectivity index (χ3v) is 9.33. The van der Waals surface area contributed by atoms with Gasteiger partial charge < -0.3 is 24.0 Å². The largest absolute Gasteiger partial charge is 0.454 e. The second-order valence-electron chi connectivity index (χ2n) is 11.7. The van der Waals surface area contributed by atoms with Gasteiger partial charge in [0, 0.05) is 59.9 Å². The summed E-state index contributed by atoms with van der Waals surface area (Å²) in [6, 6.07) is 32.1. The van der Waals surface area contributed by atoms with Gasteiger partial charge in [-0.2, -0.15) is 0 Å². The molecule has 9 rings (SSSR count). The van der Waals surface area contributed by atoms with Crippen LogP contribution in [0.5, 0.6) is 0 Å². The summed E-state index contributed by atoms with van der Waals surface area (Å²) >= 11 is 0. The maximum absolute atomic E-state index is 6.55. The van der Waals surface area contributed by atoms with E-state index in [2.05, 4.69) is 131 Å². The van der Waals surface area contributed by atoms with E-state index in [9.17, 15) is 0 Å². The van der Waals surface area contributed by atoms with Crippen molar-refractivity contribution in [2.75, 3.05) is 21.7 Å². The lowest BCUT2D eigenvalue weighted by atomic mass is 9.92. The first-order valence-corrected chi connectivity index (χ1v) is 14.8. The molecule has 4 aromatic carbocycles. The van der Waals surface area contributed by atoms with E-state index < -0.39 is 0 Å². The lowest BCUT2D eigenvalue weighted by Crippen LogP contribution is -2.44. The van der Waals surface area contributed by atoms with Gasteiger partial charge in [0.25, 0.3) is 0 Å². The normalized spacial score (nSPS) is 20.4. The molecule has 0 amide bonds. The van der Waals surface area contributed by atoms with E-state index in [1.165, 1.54) is 16.8 Å². The van der Waals surface area contributed by atoms with Crippen LogP contribution in [0.2, 0.25) is 0 Å². The highest BCUT2D eigenvalue weighted by Gasteiger charge is 2.51. The molecule has 7 heteroatoms. The first-order chi connectivity index (χ1) is 21.2. The van der Waals surface area contributed by atoms with Crippen molar-refractivity contribution in [3.05, 3.63) is 127 Å². The van der Waals surface area contributed by atoms with Gasteiger partial charge in [0.1, 0.15) is 17.9 Å². The maximum Gasteiger partial charge on any atom is 0.178 e. The summed E-state index contributed by atoms with van der Waals surface area (Å²) in [5.74, 6) is 1.98. The molecule has 5 heterocycles. The molecular weight excluding hydrogens is 532 g/mol. The maximum atomic E-state index is 6.55. The van der Waals surface area contributed by atoms with E-state index in [1.807, 2.05) is 6.07 Å². The van der Waals surface area contributed by atoms with Gasteiger partial charge in [0.15, 0.2) is 17.2 Å². The van der Waals surface area contributed by atoms with E-state index in [4.69, 9.17) is 14.4 Å². The lowest BCUT2D eigenvalue weighted by Gasteiger charge is -2.37. The van der Waals surface area contributed by atoms with Gasteiger partial charge in [-0.15, -0.1) is 0 Å². The average Bonchev–Trinajstić information content (AvgIpc) is 3.78. The zero-order chi connectivity index (χ0) is 28.7. The zero-order valence-corrected chi connectivity index (χ0v) is 24.0. The smallest absolute Gasteiger partial charge is 0.178 e. The Labute approximate surface area is 249 Å². The Bertz CT molecular complexity index is 2040. The van der Waals surface area contributed by atoms with Crippen LogP contribution in [0.3, 0.4) is 0 Å². The Morgan fingerprint density at radius 1 is 0.744 bits per heavy atom. The van der Waals surface area contributed by atoms with Gasteiger partial charge in [0.2, 0.25) is 0 Å². The monoisotopic (exact) mass is 562 g/mol. The fourth-order valence-corrected chi connectivity index (χ4v) is 7.44. The summed E-state index contributed by atoms with van der Waals surface area (Å²) in [5, 5.41) is 2.29. The molecule has 0 bridgehead atoms. The topological polar surface area (TPSA) is 51.9 Å². The molecule has 7 nitrogen and oxygen atoms in total. The van der Waals surface area contributed by atoms with Crippen LogP contribution in [0, 0.1) is 6.92 Å². The minimum atomic E-state index is 0.0103. The highest BCUT2D eigenvalue weighted by Crippen LogP contribution is 2.57. The van der Waals surface area contributed by atoms with Crippen molar-refractivity contribution in [2.24, 2.45) is 0 Å². The van der Waals surface area contributed by atoms with Gasteiger partial charge in [-0.05, 0) is 48.7 Å². The Balaban J connectivity index is 1.18. The SMILES string of the molecule is Cc1ccc2c(oc3ccccc32)c1N1C=CN(C)C1CC1c2ccccc2N2c3nccnc3N(c3ccccc3)C12. The van der Waals surface area contributed by atoms with Crippen molar-refractivity contribution >= 4 is 50.6 Å². The lowest BCUT2D eigenvalue weighted by molar-refractivity contribution is 0.311. The van der Waals surface area contributed by atoms with Crippen LogP contribution >= 0.6 is 0 Å². The summed E-state index contributed by atoms with van der Waals surface area (Å²) in [7, 11) is 2.18. The molecule has 0 saturated heterocycles. The number of nitrogens with zero attached hydrogens (tertiary/aromatic N) is 6. The number of aromatic nitrogens is 2. The minimum Gasteiger partial charge on any atom is -0.454 e. The van der Waals surface area contributed by atoms with Crippen molar-refractivity contribution in [1.29, 1.82) is 0 Å². The quantitative estimate of drug-likeness (QED) is 0.216. The van der Waals surface area contributed by atoms with Crippen LogP contribution < -0.4 is 14.7 Å². The molecule has 0 aliphatic carbocycles. The van der Waals surface area contributed by atoms with E-state index in [-0.39, 0.29) is 18.2 Å². The highest BCUT2D eigenvalue weighted by molar-refractivity contribution is 6.09. The number of hydrogen-bond acceptors (Lipinski definition) is 7. The van der Waals surface area contributed by atoms with Crippen molar-refractivity contribution in [3.8, 4) is 0 Å². The molecule has 43 heavy (non-hydrogen) atoms. The standard InChI is InChI=1S/C36H30N6O/c1-23-16-17-27-26-13-7-9-15-30(26)43-33(27)32(23)40-21-20-39(2)31(40)22-28-25-12-6-8-14-29(25)42-35-34(37-18-19-38-35)41(36(28)42)24-10-4-3-5-11-24/h3-21,28,31,36H,22H2,1-2H3. The molecule has 3 unspecified atom stereocenters. The predicted molar refractivity (Wildman–Crippen MR) is 172 cm³/mol. The van der Waals surface area contributed by atoms with Gasteiger partial charge >= 0.3 is 0 Å². The number of benzene rings is 4. The number of aryl methyl sites for hydroxylation is 1. The number of furan rings is 1. The Kier molecular flexibility index (Phi) is 5.14. The molecule has 0 saturated carbocycles. The molecule has 0 spiro atoms. The van der Waals surface area contributed by atoms with E-state index >= 15 is 0 Å². The molecule has 210 valence electrons. The van der Waals surface area contributed by atoms with Crippen molar-refractivity contribution in [1.82, 2.24) is 14.9 Å². The first-order valence-electron chi connectivity index (χ1n) is 14.8. The molecule has 0 fully saturated rings. The van der Waals surface area contributed by atoms with Crippen LogP contribution in [-0.2, 0) is 0 Å². The van der Waals surface area contributed by atoms with Crippen molar-refractivity contribution in [3.63, 3.8) is 0 Å². The molecule has 3 aliphatic heterocycles. The zero-order valence-electron chi connectivity index (χ0n) is 24.0. The van der Waals surface area contributed by atoms with E-state index in [1.54, 1.807) is 12.4 Å². The van der Waals surface area contributed by atoms with Crippen LogP contribution in [0.4, 0.5) is 28.7 Å². The molecule has 0 radical (unpaired) electrons. The fraction of sp³-hybridized carbons (Fsp3) is 0.167. The van der Waals surface area contributed by atoms with Crippen LogP contribution in [0.15, 0.2) is 120 Å². The second kappa shape index (κ2) is 9.10. The van der Waals surface area contributed by atoms with E-state index in [0.717, 1.165) is 51.4 Å². The molecule has 2 aromatic heterocycles. The molecule has 3 atom stereocenters. The van der Waals surface area contributed by atoms with E-state index in [0.29, 0.717) is 0 Å². The summed E-state index contributed by atoms with van der Waals surface area (Å²) < 4.78 is 6.55. The summed E-state index contributed by atoms with van der Waals surface area (Å²) in [6.45, 7) is 2.18. The third-order valence-electron chi connectivity index (χ3n) is 9.33. The number of anilines is 5. The number of rotatable bonds is 4. The second-order valence-corrected chi connectivity index (χ2v) is 11.7. The fourth-order valence-electron chi connectivity index (χ4n) is 7.44. The number of para-hydroxylation sites is 3. The molecule has 0 N–H and O–H groups in total. The summed E-state index contributed by atoms with van der Waals surface area (Å²) in [4.78, 5) is 19.2. The van der Waals surface area contributed by atoms with Crippen molar-refractivity contribution < 1.29 is 4.42 Å². The Hall–Kier alpha value is -5.30. The van der Waals surface area contributed by atoms with Gasteiger partial charge in [-0.1, -0.05) is 66.7 Å². The summed E-state index contributed by atoms with van der Waals surface area (Å²) in [6.07, 6.45) is 8.97.